The Hall–Kier alpha value is -3.29. The summed E-state index contributed by atoms with van der Waals surface area (Å²) >= 11 is 0. The van der Waals surface area contributed by atoms with E-state index in [9.17, 15) is 9.59 Å². The number of rotatable bonds is 6. The number of alkyl carbamates (subject to hydrolysis) is 1. The highest BCUT2D eigenvalue weighted by Gasteiger charge is 2.31. The fourth-order valence-corrected chi connectivity index (χ4v) is 3.66. The second kappa shape index (κ2) is 10.3. The van der Waals surface area contributed by atoms with Crippen LogP contribution in [0.15, 0.2) is 48.7 Å². The minimum Gasteiger partial charge on any atom is -0.495 e. The molecule has 0 radical (unpaired) electrons. The zero-order valence-electron chi connectivity index (χ0n) is 19.2. The van der Waals surface area contributed by atoms with Crippen molar-refractivity contribution in [2.24, 2.45) is 0 Å². The van der Waals surface area contributed by atoms with Gasteiger partial charge in [0.1, 0.15) is 17.4 Å². The third-order valence-corrected chi connectivity index (χ3v) is 5.15. The maximum absolute atomic E-state index is 13.4. The predicted octanol–water partition coefficient (Wildman–Crippen LogP) is 2.87. The van der Waals surface area contributed by atoms with Crippen molar-refractivity contribution >= 4 is 17.7 Å². The molecule has 1 aromatic heterocycles. The van der Waals surface area contributed by atoms with E-state index in [2.05, 4.69) is 15.2 Å². The Balaban J connectivity index is 1.68. The van der Waals surface area contributed by atoms with E-state index in [-0.39, 0.29) is 5.91 Å². The van der Waals surface area contributed by atoms with Crippen LogP contribution < -0.4 is 15.0 Å². The van der Waals surface area contributed by atoms with E-state index in [0.29, 0.717) is 32.6 Å². The molecule has 8 nitrogen and oxygen atoms in total. The molecule has 1 fully saturated rings. The molecule has 1 aliphatic rings. The highest BCUT2D eigenvalue weighted by atomic mass is 16.6. The van der Waals surface area contributed by atoms with Crippen LogP contribution in [0.1, 0.15) is 26.5 Å². The molecule has 2 amide bonds. The second-order valence-electron chi connectivity index (χ2n) is 8.71. The quantitative estimate of drug-likeness (QED) is 0.744. The smallest absolute Gasteiger partial charge is 0.408 e. The van der Waals surface area contributed by atoms with Gasteiger partial charge >= 0.3 is 6.09 Å². The summed E-state index contributed by atoms with van der Waals surface area (Å²) in [6, 6.07) is 12.6. The van der Waals surface area contributed by atoms with Gasteiger partial charge in [-0.2, -0.15) is 0 Å². The molecule has 1 aliphatic heterocycles. The predicted molar refractivity (Wildman–Crippen MR) is 123 cm³/mol. The number of ether oxygens (including phenoxy) is 2. The Labute approximate surface area is 189 Å². The van der Waals surface area contributed by atoms with Gasteiger partial charge in [0.2, 0.25) is 5.91 Å². The number of hydrogen-bond donors (Lipinski definition) is 1. The first-order valence-electron chi connectivity index (χ1n) is 10.8. The van der Waals surface area contributed by atoms with Gasteiger partial charge in [-0.25, -0.2) is 4.79 Å². The summed E-state index contributed by atoms with van der Waals surface area (Å²) in [5.74, 6) is 0.674. The highest BCUT2D eigenvalue weighted by Crippen LogP contribution is 2.28. The molecule has 1 aromatic carbocycles. The Morgan fingerprint density at radius 1 is 1.06 bits per heavy atom. The van der Waals surface area contributed by atoms with Gasteiger partial charge in [-0.3, -0.25) is 9.78 Å². The van der Waals surface area contributed by atoms with Gasteiger partial charge in [0, 0.05) is 44.5 Å². The fraction of sp³-hybridized carbons (Fsp3) is 0.458. The molecule has 0 saturated carbocycles. The second-order valence-corrected chi connectivity index (χ2v) is 8.71. The summed E-state index contributed by atoms with van der Waals surface area (Å²) in [5, 5.41) is 2.75. The lowest BCUT2D eigenvalue weighted by molar-refractivity contribution is -0.133. The number of nitrogens with zero attached hydrogens (tertiary/aromatic N) is 3. The summed E-state index contributed by atoms with van der Waals surface area (Å²) in [7, 11) is 1.66. The van der Waals surface area contributed by atoms with E-state index < -0.39 is 17.7 Å². The molecule has 8 heteroatoms. The minimum atomic E-state index is -0.752. The van der Waals surface area contributed by atoms with Crippen molar-refractivity contribution in [1.29, 1.82) is 0 Å². The van der Waals surface area contributed by atoms with E-state index in [1.165, 1.54) is 0 Å². The minimum absolute atomic E-state index is 0.138. The number of hydrogen-bond acceptors (Lipinski definition) is 6. The molecular weight excluding hydrogens is 408 g/mol. The average Bonchev–Trinajstić information content (AvgIpc) is 2.77. The number of aromatic nitrogens is 1. The Morgan fingerprint density at radius 2 is 1.75 bits per heavy atom. The van der Waals surface area contributed by atoms with Crippen LogP contribution in [-0.2, 0) is 16.0 Å². The fourth-order valence-electron chi connectivity index (χ4n) is 3.66. The summed E-state index contributed by atoms with van der Waals surface area (Å²) in [6.07, 6.45) is 1.36. The molecule has 1 unspecified atom stereocenters. The van der Waals surface area contributed by atoms with Crippen LogP contribution in [0.25, 0.3) is 0 Å². The Kier molecular flexibility index (Phi) is 7.56. The van der Waals surface area contributed by atoms with Crippen LogP contribution >= 0.6 is 0 Å². The third kappa shape index (κ3) is 6.35. The summed E-state index contributed by atoms with van der Waals surface area (Å²) < 4.78 is 10.9. The van der Waals surface area contributed by atoms with Crippen LogP contribution in [0.2, 0.25) is 0 Å². The lowest BCUT2D eigenvalue weighted by atomic mass is 10.1. The van der Waals surface area contributed by atoms with Crippen molar-refractivity contribution in [3.63, 3.8) is 0 Å². The number of methoxy groups -OCH3 is 1. The lowest BCUT2D eigenvalue weighted by Crippen LogP contribution is -2.56. The van der Waals surface area contributed by atoms with Gasteiger partial charge < -0.3 is 24.6 Å². The van der Waals surface area contributed by atoms with Crippen LogP contribution in [0, 0.1) is 0 Å². The van der Waals surface area contributed by atoms with Gasteiger partial charge in [-0.1, -0.05) is 18.2 Å². The maximum Gasteiger partial charge on any atom is 0.408 e. The molecule has 172 valence electrons. The molecule has 2 aromatic rings. The Morgan fingerprint density at radius 3 is 2.38 bits per heavy atom. The van der Waals surface area contributed by atoms with Crippen molar-refractivity contribution in [2.45, 2.75) is 38.8 Å². The number of amides is 2. The summed E-state index contributed by atoms with van der Waals surface area (Å²) in [5.41, 5.74) is 1.09. The molecule has 2 heterocycles. The lowest BCUT2D eigenvalue weighted by Gasteiger charge is -2.38. The molecule has 1 N–H and O–H groups in total. The van der Waals surface area contributed by atoms with Crippen LogP contribution in [-0.4, -0.2) is 66.8 Å². The molecule has 0 aliphatic carbocycles. The van der Waals surface area contributed by atoms with Crippen molar-refractivity contribution in [3.05, 3.63) is 54.4 Å². The standard InChI is InChI=1S/C24H32N4O4/c1-24(2,3)32-23(30)26-19(17-18-9-7-8-12-25-18)22(29)28-15-13-27(14-16-28)20-10-5-6-11-21(20)31-4/h5-12,19H,13-17H2,1-4H3,(H,26,30). The van der Waals surface area contributed by atoms with E-state index in [1.54, 1.807) is 39.0 Å². The van der Waals surface area contributed by atoms with Crippen LogP contribution in [0.3, 0.4) is 0 Å². The van der Waals surface area contributed by atoms with Crippen LogP contribution in [0.5, 0.6) is 5.75 Å². The zero-order valence-corrected chi connectivity index (χ0v) is 19.2. The van der Waals surface area contributed by atoms with E-state index in [0.717, 1.165) is 17.1 Å². The first-order valence-corrected chi connectivity index (χ1v) is 10.8. The number of carbonyl (C=O) groups excluding carboxylic acids is 2. The molecule has 0 spiro atoms. The third-order valence-electron chi connectivity index (χ3n) is 5.15. The first kappa shape index (κ1) is 23.4. The monoisotopic (exact) mass is 440 g/mol. The summed E-state index contributed by atoms with van der Waals surface area (Å²) in [4.78, 5) is 34.1. The highest BCUT2D eigenvalue weighted by molar-refractivity contribution is 5.86. The summed E-state index contributed by atoms with van der Waals surface area (Å²) in [6.45, 7) is 7.82. The number of pyridine rings is 1. The Bertz CT molecular complexity index is 906. The van der Waals surface area contributed by atoms with Crippen molar-refractivity contribution in [2.75, 3.05) is 38.2 Å². The van der Waals surface area contributed by atoms with Crippen LogP contribution in [0.4, 0.5) is 10.5 Å². The van der Waals surface area contributed by atoms with Crippen molar-refractivity contribution in [3.8, 4) is 5.75 Å². The topological polar surface area (TPSA) is 84.0 Å². The molecule has 3 rings (SSSR count). The molecule has 1 atom stereocenters. The van der Waals surface area contributed by atoms with E-state index in [4.69, 9.17) is 9.47 Å². The number of nitrogens with one attached hydrogen (secondary N) is 1. The van der Waals surface area contributed by atoms with Gasteiger partial charge in [-0.05, 0) is 45.0 Å². The molecule has 0 bridgehead atoms. The largest absolute Gasteiger partial charge is 0.495 e. The maximum atomic E-state index is 13.4. The van der Waals surface area contributed by atoms with Crippen molar-refractivity contribution in [1.82, 2.24) is 15.2 Å². The number of benzene rings is 1. The number of piperazine rings is 1. The van der Waals surface area contributed by atoms with E-state index in [1.807, 2.05) is 42.5 Å². The SMILES string of the molecule is COc1ccccc1N1CCN(C(=O)C(Cc2ccccn2)NC(=O)OC(C)(C)C)CC1. The van der Waals surface area contributed by atoms with Crippen molar-refractivity contribution < 1.29 is 19.1 Å². The average molecular weight is 441 g/mol. The van der Waals surface area contributed by atoms with Gasteiger partial charge in [-0.15, -0.1) is 0 Å². The van der Waals surface area contributed by atoms with E-state index >= 15 is 0 Å². The zero-order chi connectivity index (χ0) is 23.1. The molecule has 1 saturated heterocycles. The first-order chi connectivity index (χ1) is 15.3. The normalized spacial score (nSPS) is 15.1. The van der Waals surface area contributed by atoms with Gasteiger partial charge in [0.15, 0.2) is 0 Å². The number of anilines is 1. The number of para-hydroxylation sites is 2. The number of carbonyl (C=O) groups is 2. The van der Waals surface area contributed by atoms with Gasteiger partial charge in [0.25, 0.3) is 0 Å². The molecule has 32 heavy (non-hydrogen) atoms. The molecular formula is C24H32N4O4. The van der Waals surface area contributed by atoms with Gasteiger partial charge in [0.05, 0.1) is 12.8 Å².